The van der Waals surface area contributed by atoms with Crippen LogP contribution in [0.1, 0.15) is 22.8 Å². The van der Waals surface area contributed by atoms with Gasteiger partial charge in [-0.1, -0.05) is 72.8 Å². The van der Waals surface area contributed by atoms with E-state index in [-0.39, 0.29) is 0 Å². The fraction of sp³-hybridized carbons (Fsp3) is 0.0455. The van der Waals surface area contributed by atoms with E-state index in [1.165, 1.54) is 0 Å². The predicted molar refractivity (Wildman–Crippen MR) is 97.6 cm³/mol. The van der Waals surface area contributed by atoms with Crippen molar-refractivity contribution in [1.82, 2.24) is 0 Å². The van der Waals surface area contributed by atoms with Gasteiger partial charge in [0.2, 0.25) is 0 Å². The van der Waals surface area contributed by atoms with E-state index >= 15 is 0 Å². The largest absolute Gasteiger partial charge is 0.456 e. The molecular formula is C22H17NO2. The molecule has 0 bridgehead atoms. The highest BCUT2D eigenvalue weighted by Crippen LogP contribution is 2.27. The van der Waals surface area contributed by atoms with Crippen molar-refractivity contribution in [2.75, 3.05) is 0 Å². The van der Waals surface area contributed by atoms with Crippen LogP contribution in [0.5, 0.6) is 5.75 Å². The molecular weight excluding hydrogens is 310 g/mol. The molecule has 3 rings (SSSR count). The van der Waals surface area contributed by atoms with Gasteiger partial charge in [0.1, 0.15) is 23.7 Å². The molecule has 0 spiro atoms. The standard InChI is InChI=1S/C22H17NO2/c23-16-19-13-7-8-14-21(19)25-22(18-11-5-2-6-12-18)15-20(24)17-9-3-1-4-10-17/h1-15,20,24H/b22-15-. The summed E-state index contributed by atoms with van der Waals surface area (Å²) < 4.78 is 5.99. The van der Waals surface area contributed by atoms with Crippen molar-refractivity contribution in [3.8, 4) is 11.8 Å². The molecule has 3 aromatic carbocycles. The first-order chi connectivity index (χ1) is 12.3. The van der Waals surface area contributed by atoms with Gasteiger partial charge in [0.25, 0.3) is 0 Å². The van der Waals surface area contributed by atoms with Crippen LogP contribution in [0, 0.1) is 11.3 Å². The maximum Gasteiger partial charge on any atom is 0.145 e. The molecule has 0 radical (unpaired) electrons. The zero-order valence-electron chi connectivity index (χ0n) is 13.5. The average molecular weight is 327 g/mol. The number of ether oxygens (including phenoxy) is 1. The summed E-state index contributed by atoms with van der Waals surface area (Å²) in [7, 11) is 0. The maximum absolute atomic E-state index is 10.5. The van der Waals surface area contributed by atoms with Crippen LogP contribution < -0.4 is 4.74 Å². The number of nitriles is 1. The molecule has 0 heterocycles. The van der Waals surface area contributed by atoms with Crippen molar-refractivity contribution < 1.29 is 9.84 Å². The normalized spacial score (nSPS) is 12.2. The second-order valence-electron chi connectivity index (χ2n) is 5.46. The van der Waals surface area contributed by atoms with Gasteiger partial charge in [0, 0.05) is 5.56 Å². The molecule has 0 amide bonds. The Hall–Kier alpha value is -3.35. The minimum absolute atomic E-state index is 0.443. The Bertz CT molecular complexity index is 896. The van der Waals surface area contributed by atoms with Gasteiger partial charge in [-0.05, 0) is 23.8 Å². The number of nitrogens with zero attached hydrogens (tertiary/aromatic N) is 1. The van der Waals surface area contributed by atoms with Gasteiger partial charge in [-0.2, -0.15) is 5.26 Å². The van der Waals surface area contributed by atoms with Gasteiger partial charge in [-0.15, -0.1) is 0 Å². The first-order valence-electron chi connectivity index (χ1n) is 7.95. The molecule has 0 aliphatic carbocycles. The molecule has 122 valence electrons. The highest BCUT2D eigenvalue weighted by atomic mass is 16.5. The minimum atomic E-state index is -0.814. The zero-order chi connectivity index (χ0) is 17.5. The molecule has 1 unspecified atom stereocenters. The minimum Gasteiger partial charge on any atom is -0.456 e. The summed E-state index contributed by atoms with van der Waals surface area (Å²) in [5, 5.41) is 19.8. The summed E-state index contributed by atoms with van der Waals surface area (Å²) in [6, 6.07) is 28.0. The third-order valence-electron chi connectivity index (χ3n) is 3.74. The van der Waals surface area contributed by atoms with E-state index in [2.05, 4.69) is 6.07 Å². The smallest absolute Gasteiger partial charge is 0.145 e. The SMILES string of the molecule is N#Cc1ccccc1O/C(=C\C(O)c1ccccc1)c1ccccc1. The zero-order valence-corrected chi connectivity index (χ0v) is 13.5. The summed E-state index contributed by atoms with van der Waals surface area (Å²) >= 11 is 0. The van der Waals surface area contributed by atoms with E-state index in [0.29, 0.717) is 17.1 Å². The van der Waals surface area contributed by atoms with Gasteiger partial charge in [0.05, 0.1) is 5.56 Å². The second-order valence-corrected chi connectivity index (χ2v) is 5.46. The summed E-state index contributed by atoms with van der Waals surface area (Å²) in [5.74, 6) is 0.958. The second kappa shape index (κ2) is 7.96. The van der Waals surface area contributed by atoms with Crippen LogP contribution in [-0.4, -0.2) is 5.11 Å². The van der Waals surface area contributed by atoms with Gasteiger partial charge >= 0.3 is 0 Å². The summed E-state index contributed by atoms with van der Waals surface area (Å²) in [6.45, 7) is 0. The Balaban J connectivity index is 1.99. The number of aliphatic hydroxyl groups excluding tert-OH is 1. The topological polar surface area (TPSA) is 53.2 Å². The molecule has 3 nitrogen and oxygen atoms in total. The van der Waals surface area contributed by atoms with Crippen LogP contribution in [0.25, 0.3) is 5.76 Å². The Morgan fingerprint density at radius 3 is 2.16 bits per heavy atom. The highest BCUT2D eigenvalue weighted by molar-refractivity contribution is 5.64. The number of rotatable bonds is 5. The molecule has 0 aliphatic heterocycles. The van der Waals surface area contributed by atoms with Crippen LogP contribution in [-0.2, 0) is 0 Å². The first-order valence-corrected chi connectivity index (χ1v) is 7.95. The number of para-hydroxylation sites is 1. The van der Waals surface area contributed by atoms with E-state index in [1.54, 1.807) is 24.3 Å². The van der Waals surface area contributed by atoms with Crippen LogP contribution in [0.3, 0.4) is 0 Å². The number of hydrogen-bond donors (Lipinski definition) is 1. The lowest BCUT2D eigenvalue weighted by Gasteiger charge is -2.14. The van der Waals surface area contributed by atoms with Crippen molar-refractivity contribution in [3.05, 3.63) is 108 Å². The number of aliphatic hydroxyl groups is 1. The monoisotopic (exact) mass is 327 g/mol. The fourth-order valence-electron chi connectivity index (χ4n) is 2.45. The maximum atomic E-state index is 10.5. The molecule has 0 aliphatic rings. The van der Waals surface area contributed by atoms with Crippen LogP contribution in [0.4, 0.5) is 0 Å². The third kappa shape index (κ3) is 4.14. The predicted octanol–water partition coefficient (Wildman–Crippen LogP) is 4.71. The molecule has 0 saturated heterocycles. The Labute approximate surface area is 147 Å². The first kappa shape index (κ1) is 16.5. The summed E-state index contributed by atoms with van der Waals surface area (Å²) in [4.78, 5) is 0. The quantitative estimate of drug-likeness (QED) is 0.690. The van der Waals surface area contributed by atoms with Crippen LogP contribution in [0.2, 0.25) is 0 Å². The van der Waals surface area contributed by atoms with Gasteiger partial charge in [0.15, 0.2) is 0 Å². The van der Waals surface area contributed by atoms with E-state index < -0.39 is 6.10 Å². The van der Waals surface area contributed by atoms with E-state index in [0.717, 1.165) is 11.1 Å². The molecule has 0 saturated carbocycles. The van der Waals surface area contributed by atoms with Gasteiger partial charge in [-0.3, -0.25) is 0 Å². The Kier molecular flexibility index (Phi) is 5.26. The van der Waals surface area contributed by atoms with Gasteiger partial charge in [-0.25, -0.2) is 0 Å². The van der Waals surface area contributed by atoms with Crippen molar-refractivity contribution in [1.29, 1.82) is 5.26 Å². The molecule has 1 atom stereocenters. The van der Waals surface area contributed by atoms with E-state index in [4.69, 9.17) is 4.74 Å². The Morgan fingerprint density at radius 2 is 1.48 bits per heavy atom. The van der Waals surface area contributed by atoms with Crippen molar-refractivity contribution in [2.45, 2.75) is 6.10 Å². The van der Waals surface area contributed by atoms with E-state index in [1.807, 2.05) is 66.7 Å². The molecule has 3 heteroatoms. The lowest BCUT2D eigenvalue weighted by atomic mass is 10.1. The average Bonchev–Trinajstić information content (AvgIpc) is 2.69. The van der Waals surface area contributed by atoms with E-state index in [9.17, 15) is 10.4 Å². The highest BCUT2D eigenvalue weighted by Gasteiger charge is 2.12. The Morgan fingerprint density at radius 1 is 0.880 bits per heavy atom. The fourth-order valence-corrected chi connectivity index (χ4v) is 2.45. The lowest BCUT2D eigenvalue weighted by Crippen LogP contribution is -2.01. The molecule has 1 N–H and O–H groups in total. The van der Waals surface area contributed by atoms with Gasteiger partial charge < -0.3 is 9.84 Å². The molecule has 0 aromatic heterocycles. The molecule has 0 fully saturated rings. The van der Waals surface area contributed by atoms with Crippen molar-refractivity contribution in [3.63, 3.8) is 0 Å². The summed E-state index contributed by atoms with van der Waals surface area (Å²) in [6.07, 6.45) is 0.837. The molecule has 3 aromatic rings. The number of hydrogen-bond acceptors (Lipinski definition) is 3. The third-order valence-corrected chi connectivity index (χ3v) is 3.74. The van der Waals surface area contributed by atoms with Crippen LogP contribution in [0.15, 0.2) is 91.0 Å². The lowest BCUT2D eigenvalue weighted by molar-refractivity contribution is 0.227. The number of benzene rings is 3. The summed E-state index contributed by atoms with van der Waals surface area (Å²) in [5.41, 5.74) is 2.04. The van der Waals surface area contributed by atoms with Crippen molar-refractivity contribution in [2.24, 2.45) is 0 Å². The van der Waals surface area contributed by atoms with Crippen LogP contribution >= 0.6 is 0 Å². The van der Waals surface area contributed by atoms with Crippen molar-refractivity contribution >= 4 is 5.76 Å². The molecule has 25 heavy (non-hydrogen) atoms.